The average molecular weight is 277 g/mol. The lowest BCUT2D eigenvalue weighted by Gasteiger charge is -2.21. The molecule has 1 atom stereocenters. The summed E-state index contributed by atoms with van der Waals surface area (Å²) >= 11 is 0. The molecule has 0 radical (unpaired) electrons. The van der Waals surface area contributed by atoms with E-state index in [1.807, 2.05) is 6.07 Å². The molecule has 1 fully saturated rings. The highest BCUT2D eigenvalue weighted by Crippen LogP contribution is 2.13. The number of rotatable bonds is 5. The molecule has 0 bridgehead atoms. The first-order chi connectivity index (χ1) is 9.66. The molecule has 1 aromatic carbocycles. The fourth-order valence-corrected chi connectivity index (χ4v) is 2.28. The van der Waals surface area contributed by atoms with Crippen LogP contribution in [0.5, 0.6) is 0 Å². The number of carboxylic acids is 1. The van der Waals surface area contributed by atoms with E-state index in [4.69, 9.17) is 9.84 Å². The number of amides is 1. The van der Waals surface area contributed by atoms with Crippen LogP contribution in [0, 0.1) is 5.92 Å². The van der Waals surface area contributed by atoms with Gasteiger partial charge in [-0.25, -0.2) is 4.79 Å². The SMILES string of the molecule is O=C(O)c1cccc(CCNC(=O)[C@@H]2CCCOC2)c1. The number of aromatic carboxylic acids is 1. The van der Waals surface area contributed by atoms with Gasteiger partial charge in [-0.1, -0.05) is 12.1 Å². The molecule has 2 rings (SSSR count). The fraction of sp³-hybridized carbons (Fsp3) is 0.467. The van der Waals surface area contributed by atoms with Crippen molar-refractivity contribution in [2.75, 3.05) is 19.8 Å². The maximum atomic E-state index is 11.9. The fourth-order valence-electron chi connectivity index (χ4n) is 2.28. The molecule has 108 valence electrons. The first kappa shape index (κ1) is 14.5. The Labute approximate surface area is 117 Å². The van der Waals surface area contributed by atoms with E-state index in [-0.39, 0.29) is 17.4 Å². The highest BCUT2D eigenvalue weighted by molar-refractivity contribution is 5.87. The van der Waals surface area contributed by atoms with Crippen molar-refractivity contribution in [2.45, 2.75) is 19.3 Å². The van der Waals surface area contributed by atoms with Gasteiger partial charge >= 0.3 is 5.97 Å². The van der Waals surface area contributed by atoms with Gasteiger partial charge in [0.15, 0.2) is 0 Å². The molecule has 5 nitrogen and oxygen atoms in total. The molecule has 1 amide bonds. The van der Waals surface area contributed by atoms with Crippen LogP contribution in [-0.2, 0) is 16.0 Å². The van der Waals surface area contributed by atoms with Crippen molar-refractivity contribution in [1.82, 2.24) is 5.32 Å². The Morgan fingerprint density at radius 1 is 1.40 bits per heavy atom. The van der Waals surface area contributed by atoms with Crippen LogP contribution in [0.25, 0.3) is 0 Å². The van der Waals surface area contributed by atoms with Crippen LogP contribution < -0.4 is 5.32 Å². The van der Waals surface area contributed by atoms with Crippen LogP contribution in [0.4, 0.5) is 0 Å². The van der Waals surface area contributed by atoms with Crippen molar-refractivity contribution in [3.8, 4) is 0 Å². The molecule has 2 N–H and O–H groups in total. The number of benzene rings is 1. The molecule has 0 spiro atoms. The molecule has 0 aliphatic carbocycles. The molecule has 1 aliphatic heterocycles. The van der Waals surface area contributed by atoms with Crippen molar-refractivity contribution < 1.29 is 19.4 Å². The van der Waals surface area contributed by atoms with Gasteiger partial charge in [0.25, 0.3) is 0 Å². The van der Waals surface area contributed by atoms with Crippen LogP contribution in [0.1, 0.15) is 28.8 Å². The molecular formula is C15H19NO4. The van der Waals surface area contributed by atoms with E-state index in [9.17, 15) is 9.59 Å². The quantitative estimate of drug-likeness (QED) is 0.854. The van der Waals surface area contributed by atoms with Crippen LogP contribution >= 0.6 is 0 Å². The van der Waals surface area contributed by atoms with Gasteiger partial charge in [0, 0.05) is 13.2 Å². The number of carboxylic acid groups (broad SMARTS) is 1. The highest BCUT2D eigenvalue weighted by atomic mass is 16.5. The molecule has 1 saturated heterocycles. The van der Waals surface area contributed by atoms with E-state index in [0.29, 0.717) is 19.6 Å². The predicted octanol–water partition coefficient (Wildman–Crippen LogP) is 1.47. The summed E-state index contributed by atoms with van der Waals surface area (Å²) in [6.07, 6.45) is 2.43. The van der Waals surface area contributed by atoms with E-state index >= 15 is 0 Å². The molecule has 5 heteroatoms. The standard InChI is InChI=1S/C15H19NO4/c17-14(13-5-2-8-20-10-13)16-7-6-11-3-1-4-12(9-11)15(18)19/h1,3-4,9,13H,2,5-8,10H2,(H,16,17)(H,18,19)/t13-/m1/s1. The van der Waals surface area contributed by atoms with Crippen LogP contribution in [0.2, 0.25) is 0 Å². The molecule has 0 aromatic heterocycles. The van der Waals surface area contributed by atoms with Gasteiger partial charge in [0.1, 0.15) is 0 Å². The third-order valence-electron chi connectivity index (χ3n) is 3.42. The lowest BCUT2D eigenvalue weighted by molar-refractivity contribution is -0.128. The van der Waals surface area contributed by atoms with Gasteiger partial charge in [0.05, 0.1) is 18.1 Å². The number of hydrogen-bond acceptors (Lipinski definition) is 3. The molecule has 0 unspecified atom stereocenters. The zero-order valence-electron chi connectivity index (χ0n) is 11.3. The van der Waals surface area contributed by atoms with Crippen LogP contribution in [0.15, 0.2) is 24.3 Å². The van der Waals surface area contributed by atoms with Crippen molar-refractivity contribution in [2.24, 2.45) is 5.92 Å². The lowest BCUT2D eigenvalue weighted by atomic mass is 10.0. The summed E-state index contributed by atoms with van der Waals surface area (Å²) in [5.41, 5.74) is 1.18. The molecule has 1 heterocycles. The molecule has 1 aliphatic rings. The van der Waals surface area contributed by atoms with E-state index < -0.39 is 5.97 Å². The largest absolute Gasteiger partial charge is 0.478 e. The molecule has 0 saturated carbocycles. The number of hydrogen-bond donors (Lipinski definition) is 2. The maximum absolute atomic E-state index is 11.9. The second-order valence-corrected chi connectivity index (χ2v) is 4.96. The normalized spacial score (nSPS) is 18.5. The van der Waals surface area contributed by atoms with Crippen molar-refractivity contribution in [3.63, 3.8) is 0 Å². The molecular weight excluding hydrogens is 258 g/mol. The smallest absolute Gasteiger partial charge is 0.335 e. The minimum atomic E-state index is -0.935. The minimum absolute atomic E-state index is 0.0269. The summed E-state index contributed by atoms with van der Waals surface area (Å²) in [7, 11) is 0. The van der Waals surface area contributed by atoms with E-state index in [0.717, 1.165) is 25.0 Å². The van der Waals surface area contributed by atoms with Gasteiger partial charge in [0.2, 0.25) is 5.91 Å². The van der Waals surface area contributed by atoms with Crippen molar-refractivity contribution >= 4 is 11.9 Å². The second kappa shape index (κ2) is 7.05. The Hall–Kier alpha value is -1.88. The summed E-state index contributed by atoms with van der Waals surface area (Å²) in [6, 6.07) is 6.78. The van der Waals surface area contributed by atoms with Crippen LogP contribution in [-0.4, -0.2) is 36.7 Å². The number of nitrogens with one attached hydrogen (secondary N) is 1. The van der Waals surface area contributed by atoms with Gasteiger partial charge in [-0.05, 0) is 37.0 Å². The lowest BCUT2D eigenvalue weighted by Crippen LogP contribution is -2.36. The summed E-state index contributed by atoms with van der Waals surface area (Å²) in [5, 5.41) is 11.8. The van der Waals surface area contributed by atoms with Gasteiger partial charge < -0.3 is 15.2 Å². The highest BCUT2D eigenvalue weighted by Gasteiger charge is 2.21. The van der Waals surface area contributed by atoms with Gasteiger partial charge in [-0.2, -0.15) is 0 Å². The maximum Gasteiger partial charge on any atom is 0.335 e. The third kappa shape index (κ3) is 4.06. The second-order valence-electron chi connectivity index (χ2n) is 4.96. The Morgan fingerprint density at radius 3 is 2.95 bits per heavy atom. The van der Waals surface area contributed by atoms with Crippen molar-refractivity contribution in [3.05, 3.63) is 35.4 Å². The number of carbonyl (C=O) groups excluding carboxylic acids is 1. The van der Waals surface area contributed by atoms with Crippen LogP contribution in [0.3, 0.4) is 0 Å². The van der Waals surface area contributed by atoms with Gasteiger partial charge in [-0.15, -0.1) is 0 Å². The topological polar surface area (TPSA) is 75.6 Å². The average Bonchev–Trinajstić information content (AvgIpc) is 2.48. The first-order valence-corrected chi connectivity index (χ1v) is 6.84. The first-order valence-electron chi connectivity index (χ1n) is 6.84. The Morgan fingerprint density at radius 2 is 2.25 bits per heavy atom. The van der Waals surface area contributed by atoms with E-state index in [1.165, 1.54) is 0 Å². The van der Waals surface area contributed by atoms with E-state index in [2.05, 4.69) is 5.32 Å². The zero-order chi connectivity index (χ0) is 14.4. The monoisotopic (exact) mass is 277 g/mol. The summed E-state index contributed by atoms with van der Waals surface area (Å²) in [4.78, 5) is 22.7. The summed E-state index contributed by atoms with van der Waals surface area (Å²) in [5.74, 6) is -0.955. The van der Waals surface area contributed by atoms with E-state index in [1.54, 1.807) is 18.2 Å². The zero-order valence-corrected chi connectivity index (χ0v) is 11.3. The summed E-state index contributed by atoms with van der Waals surface area (Å²) in [6.45, 7) is 1.75. The Balaban J connectivity index is 1.79. The summed E-state index contributed by atoms with van der Waals surface area (Å²) < 4.78 is 5.28. The molecule has 20 heavy (non-hydrogen) atoms. The minimum Gasteiger partial charge on any atom is -0.478 e. The Bertz CT molecular complexity index is 481. The molecule has 1 aromatic rings. The van der Waals surface area contributed by atoms with Crippen molar-refractivity contribution in [1.29, 1.82) is 0 Å². The third-order valence-corrected chi connectivity index (χ3v) is 3.42. The number of carbonyl (C=O) groups is 2. The Kier molecular flexibility index (Phi) is 5.12. The number of ether oxygens (including phenoxy) is 1. The van der Waals surface area contributed by atoms with Gasteiger partial charge in [-0.3, -0.25) is 4.79 Å². The predicted molar refractivity (Wildman–Crippen MR) is 73.7 cm³/mol.